The first kappa shape index (κ1) is 11.1. The predicted molar refractivity (Wildman–Crippen MR) is 67.4 cm³/mol. The quantitative estimate of drug-likeness (QED) is 0.840. The van der Waals surface area contributed by atoms with Crippen molar-refractivity contribution >= 4 is 11.0 Å². The molecular formula is C13H19N3. The number of nitrogens with two attached hydrogens (primary N) is 1. The molecule has 2 aromatic rings. The summed E-state index contributed by atoms with van der Waals surface area (Å²) in [5.74, 6) is 1.48. The molecule has 0 aliphatic heterocycles. The van der Waals surface area contributed by atoms with Crippen molar-refractivity contribution in [1.29, 1.82) is 0 Å². The van der Waals surface area contributed by atoms with Gasteiger partial charge in [0.2, 0.25) is 0 Å². The minimum Gasteiger partial charge on any atom is -0.330 e. The van der Waals surface area contributed by atoms with Gasteiger partial charge in [-0.3, -0.25) is 0 Å². The smallest absolute Gasteiger partial charge is 0.126 e. The number of rotatable bonds is 2. The molecule has 0 spiro atoms. The first-order chi connectivity index (χ1) is 7.50. The molecule has 0 aliphatic carbocycles. The Morgan fingerprint density at radius 3 is 2.50 bits per heavy atom. The molecule has 16 heavy (non-hydrogen) atoms. The molecule has 0 saturated heterocycles. The normalized spacial score (nSPS) is 13.6. The molecule has 1 aromatic carbocycles. The molecule has 2 N–H and O–H groups in total. The molecule has 86 valence electrons. The van der Waals surface area contributed by atoms with Crippen molar-refractivity contribution in [2.75, 3.05) is 0 Å². The third-order valence-corrected chi connectivity index (χ3v) is 3.01. The van der Waals surface area contributed by atoms with E-state index in [-0.39, 0.29) is 6.04 Å². The molecule has 1 aromatic heterocycles. The monoisotopic (exact) mass is 217 g/mol. The highest BCUT2D eigenvalue weighted by atomic mass is 15.1. The highest BCUT2D eigenvalue weighted by molar-refractivity contribution is 5.77. The highest BCUT2D eigenvalue weighted by Gasteiger charge is 2.11. The zero-order chi connectivity index (χ0) is 11.9. The largest absolute Gasteiger partial charge is 0.330 e. The minimum absolute atomic E-state index is 0.0279. The van der Waals surface area contributed by atoms with Crippen LogP contribution in [-0.4, -0.2) is 9.55 Å². The number of imidazole rings is 1. The standard InChI is InChI=1S/C13H19N3/c1-8(2)10-5-6-11-12(7-10)16(4)13(15-11)9(3)14/h5-9H,14H2,1-4H3. The van der Waals surface area contributed by atoms with Gasteiger partial charge in [0.1, 0.15) is 5.82 Å². The van der Waals surface area contributed by atoms with Crippen LogP contribution in [0.5, 0.6) is 0 Å². The number of nitrogens with zero attached hydrogens (tertiary/aromatic N) is 2. The van der Waals surface area contributed by atoms with Crippen LogP contribution in [-0.2, 0) is 7.05 Å². The summed E-state index contributed by atoms with van der Waals surface area (Å²) in [6, 6.07) is 6.40. The Morgan fingerprint density at radius 2 is 1.94 bits per heavy atom. The van der Waals surface area contributed by atoms with Crippen molar-refractivity contribution in [2.45, 2.75) is 32.7 Å². The summed E-state index contributed by atoms with van der Waals surface area (Å²) in [7, 11) is 2.03. The van der Waals surface area contributed by atoms with E-state index in [1.807, 2.05) is 14.0 Å². The van der Waals surface area contributed by atoms with Crippen molar-refractivity contribution in [3.63, 3.8) is 0 Å². The van der Waals surface area contributed by atoms with Gasteiger partial charge in [0.05, 0.1) is 17.1 Å². The maximum Gasteiger partial charge on any atom is 0.126 e. The Kier molecular flexibility index (Phi) is 2.72. The number of fused-ring (bicyclic) bond motifs is 1. The van der Waals surface area contributed by atoms with Crippen molar-refractivity contribution < 1.29 is 0 Å². The average Bonchev–Trinajstić information content (AvgIpc) is 2.56. The third kappa shape index (κ3) is 1.71. The Hall–Kier alpha value is -1.35. The molecule has 1 atom stereocenters. The van der Waals surface area contributed by atoms with E-state index in [1.165, 1.54) is 11.1 Å². The van der Waals surface area contributed by atoms with Gasteiger partial charge in [-0.2, -0.15) is 0 Å². The van der Waals surface area contributed by atoms with Crippen LogP contribution in [0, 0.1) is 0 Å². The minimum atomic E-state index is -0.0279. The van der Waals surface area contributed by atoms with Crippen LogP contribution in [0.1, 0.15) is 44.1 Å². The molecule has 0 amide bonds. The lowest BCUT2D eigenvalue weighted by Crippen LogP contribution is -2.11. The van der Waals surface area contributed by atoms with Crippen molar-refractivity contribution in [2.24, 2.45) is 12.8 Å². The van der Waals surface area contributed by atoms with Crippen LogP contribution in [0.2, 0.25) is 0 Å². The first-order valence-corrected chi connectivity index (χ1v) is 5.72. The second-order valence-corrected chi connectivity index (χ2v) is 4.72. The molecule has 0 saturated carbocycles. The topological polar surface area (TPSA) is 43.8 Å². The molecule has 1 unspecified atom stereocenters. The summed E-state index contributed by atoms with van der Waals surface area (Å²) in [6.45, 7) is 6.36. The maximum absolute atomic E-state index is 5.89. The fourth-order valence-corrected chi connectivity index (χ4v) is 1.99. The lowest BCUT2D eigenvalue weighted by atomic mass is 10.0. The fraction of sp³-hybridized carbons (Fsp3) is 0.462. The zero-order valence-corrected chi connectivity index (χ0v) is 10.4. The Labute approximate surface area is 96.3 Å². The van der Waals surface area contributed by atoms with E-state index in [4.69, 9.17) is 5.73 Å². The van der Waals surface area contributed by atoms with Gasteiger partial charge in [-0.15, -0.1) is 0 Å². The van der Waals surface area contributed by atoms with Crippen molar-refractivity contribution in [3.05, 3.63) is 29.6 Å². The number of aryl methyl sites for hydroxylation is 1. The summed E-state index contributed by atoms with van der Waals surface area (Å²) in [4.78, 5) is 4.55. The van der Waals surface area contributed by atoms with Crippen LogP contribution in [0.15, 0.2) is 18.2 Å². The summed E-state index contributed by atoms with van der Waals surface area (Å²) >= 11 is 0. The van der Waals surface area contributed by atoms with Crippen molar-refractivity contribution in [1.82, 2.24) is 9.55 Å². The zero-order valence-electron chi connectivity index (χ0n) is 10.4. The Bertz CT molecular complexity index is 509. The van der Waals surface area contributed by atoms with Gasteiger partial charge >= 0.3 is 0 Å². The van der Waals surface area contributed by atoms with Gasteiger partial charge in [-0.05, 0) is 30.5 Å². The van der Waals surface area contributed by atoms with E-state index in [9.17, 15) is 0 Å². The first-order valence-electron chi connectivity index (χ1n) is 5.72. The van der Waals surface area contributed by atoms with Crippen molar-refractivity contribution in [3.8, 4) is 0 Å². The van der Waals surface area contributed by atoms with E-state index in [0.29, 0.717) is 5.92 Å². The number of hydrogen-bond donors (Lipinski definition) is 1. The molecule has 3 heteroatoms. The van der Waals surface area contributed by atoms with Crippen LogP contribution in [0.3, 0.4) is 0 Å². The number of hydrogen-bond acceptors (Lipinski definition) is 2. The molecule has 0 aliphatic rings. The SMILES string of the molecule is CC(C)c1ccc2nc(C(C)N)n(C)c2c1. The molecular weight excluding hydrogens is 198 g/mol. The lowest BCUT2D eigenvalue weighted by Gasteiger charge is -2.07. The van der Waals surface area contributed by atoms with Gasteiger partial charge in [0, 0.05) is 7.05 Å². The average molecular weight is 217 g/mol. The van der Waals surface area contributed by atoms with Gasteiger partial charge in [0.25, 0.3) is 0 Å². The second-order valence-electron chi connectivity index (χ2n) is 4.72. The Morgan fingerprint density at radius 1 is 1.25 bits per heavy atom. The highest BCUT2D eigenvalue weighted by Crippen LogP contribution is 2.23. The summed E-state index contributed by atoms with van der Waals surface area (Å²) < 4.78 is 2.09. The molecule has 0 bridgehead atoms. The second kappa shape index (κ2) is 3.91. The summed E-state index contributed by atoms with van der Waals surface area (Å²) in [5.41, 5.74) is 9.42. The van der Waals surface area contributed by atoms with E-state index < -0.39 is 0 Å². The Balaban J connectivity index is 2.64. The van der Waals surface area contributed by atoms with Gasteiger partial charge in [-0.25, -0.2) is 4.98 Å². The molecule has 0 radical (unpaired) electrons. The number of benzene rings is 1. The van der Waals surface area contributed by atoms with E-state index >= 15 is 0 Å². The molecule has 2 rings (SSSR count). The fourth-order valence-electron chi connectivity index (χ4n) is 1.99. The van der Waals surface area contributed by atoms with E-state index in [0.717, 1.165) is 11.3 Å². The molecule has 0 fully saturated rings. The third-order valence-electron chi connectivity index (χ3n) is 3.01. The summed E-state index contributed by atoms with van der Waals surface area (Å²) in [5, 5.41) is 0. The van der Waals surface area contributed by atoms with Crippen LogP contribution in [0.25, 0.3) is 11.0 Å². The molecule has 3 nitrogen and oxygen atoms in total. The lowest BCUT2D eigenvalue weighted by molar-refractivity contribution is 0.696. The van der Waals surface area contributed by atoms with Crippen LogP contribution >= 0.6 is 0 Å². The predicted octanol–water partition coefficient (Wildman–Crippen LogP) is 2.72. The van der Waals surface area contributed by atoms with Gasteiger partial charge in [-0.1, -0.05) is 19.9 Å². The maximum atomic E-state index is 5.89. The molecule has 1 heterocycles. The van der Waals surface area contributed by atoms with Gasteiger partial charge < -0.3 is 10.3 Å². The summed E-state index contributed by atoms with van der Waals surface area (Å²) in [6.07, 6.45) is 0. The van der Waals surface area contributed by atoms with Crippen LogP contribution in [0.4, 0.5) is 0 Å². The van der Waals surface area contributed by atoms with E-state index in [1.54, 1.807) is 0 Å². The van der Waals surface area contributed by atoms with Gasteiger partial charge in [0.15, 0.2) is 0 Å². The van der Waals surface area contributed by atoms with E-state index in [2.05, 4.69) is 41.6 Å². The number of aromatic nitrogens is 2. The van der Waals surface area contributed by atoms with Crippen LogP contribution < -0.4 is 5.73 Å².